The van der Waals surface area contributed by atoms with Crippen LogP contribution in [-0.4, -0.2) is 49.1 Å². The van der Waals surface area contributed by atoms with Crippen LogP contribution in [0.2, 0.25) is 0 Å². The fourth-order valence-electron chi connectivity index (χ4n) is 4.50. The van der Waals surface area contributed by atoms with E-state index in [-0.39, 0.29) is 23.3 Å². The molecule has 0 saturated carbocycles. The van der Waals surface area contributed by atoms with Gasteiger partial charge in [0.25, 0.3) is 0 Å². The van der Waals surface area contributed by atoms with Crippen LogP contribution in [0.15, 0.2) is 47.8 Å². The predicted octanol–water partition coefficient (Wildman–Crippen LogP) is 3.15. The molecule has 1 unspecified atom stereocenters. The highest BCUT2D eigenvalue weighted by atomic mass is 32.1. The molecule has 2 fully saturated rings. The highest BCUT2D eigenvalue weighted by Gasteiger charge is 2.38. The number of nitrogens with zero attached hydrogens (tertiary/aromatic N) is 1. The first-order valence-electron chi connectivity index (χ1n) is 10.4. The van der Waals surface area contributed by atoms with Crippen molar-refractivity contribution in [3.05, 3.63) is 58.3 Å². The summed E-state index contributed by atoms with van der Waals surface area (Å²) in [6.45, 7) is 2.67. The fraction of sp³-hybridized carbons (Fsp3) is 0.478. The van der Waals surface area contributed by atoms with Gasteiger partial charge in [0.05, 0.1) is 6.42 Å². The number of amides is 2. The number of nitrogens with one attached hydrogen (secondary N) is 1. The molecule has 2 amide bonds. The molecule has 6 heteroatoms. The maximum Gasteiger partial charge on any atom is 0.242 e. The second-order valence-electron chi connectivity index (χ2n) is 7.98. The van der Waals surface area contributed by atoms with Crippen LogP contribution in [-0.2, 0) is 26.2 Å². The summed E-state index contributed by atoms with van der Waals surface area (Å²) in [5.74, 6) is 0.0257. The van der Waals surface area contributed by atoms with Crippen molar-refractivity contribution < 1.29 is 14.3 Å². The summed E-state index contributed by atoms with van der Waals surface area (Å²) in [4.78, 5) is 28.6. The van der Waals surface area contributed by atoms with Crippen LogP contribution in [0.4, 0.5) is 0 Å². The molecule has 5 nitrogen and oxygen atoms in total. The molecule has 2 aliphatic heterocycles. The van der Waals surface area contributed by atoms with Gasteiger partial charge in [0.2, 0.25) is 11.8 Å². The van der Waals surface area contributed by atoms with Crippen molar-refractivity contribution in [2.75, 3.05) is 26.3 Å². The minimum atomic E-state index is -0.352. The first-order valence-corrected chi connectivity index (χ1v) is 11.3. The van der Waals surface area contributed by atoms with Crippen LogP contribution < -0.4 is 5.32 Å². The summed E-state index contributed by atoms with van der Waals surface area (Å²) in [6.07, 6.45) is 3.79. The van der Waals surface area contributed by atoms with E-state index in [1.54, 1.807) is 16.2 Å². The van der Waals surface area contributed by atoms with E-state index in [4.69, 9.17) is 4.74 Å². The van der Waals surface area contributed by atoms with Gasteiger partial charge in [-0.15, -0.1) is 11.3 Å². The van der Waals surface area contributed by atoms with E-state index in [0.29, 0.717) is 32.7 Å². The molecule has 1 aromatic heterocycles. The Labute approximate surface area is 176 Å². The smallest absolute Gasteiger partial charge is 0.242 e. The zero-order valence-corrected chi connectivity index (χ0v) is 17.5. The lowest BCUT2D eigenvalue weighted by Gasteiger charge is -2.38. The molecule has 1 aromatic carbocycles. The Morgan fingerprint density at radius 2 is 1.93 bits per heavy atom. The molecule has 154 valence electrons. The second kappa shape index (κ2) is 9.09. The number of benzene rings is 1. The Hall–Kier alpha value is -2.18. The van der Waals surface area contributed by atoms with Gasteiger partial charge >= 0.3 is 0 Å². The zero-order valence-electron chi connectivity index (χ0n) is 16.6. The molecule has 0 spiro atoms. The predicted molar refractivity (Wildman–Crippen MR) is 114 cm³/mol. The molecule has 2 aromatic rings. The molecule has 0 aliphatic carbocycles. The van der Waals surface area contributed by atoms with E-state index in [9.17, 15) is 9.59 Å². The fourth-order valence-corrected chi connectivity index (χ4v) is 5.19. The number of hydrogen-bond acceptors (Lipinski definition) is 4. The molecule has 1 atom stereocenters. The number of thiophene rings is 1. The van der Waals surface area contributed by atoms with Crippen LogP contribution in [0.5, 0.6) is 0 Å². The lowest BCUT2D eigenvalue weighted by molar-refractivity contribution is -0.138. The van der Waals surface area contributed by atoms with E-state index in [0.717, 1.165) is 30.6 Å². The van der Waals surface area contributed by atoms with Crippen molar-refractivity contribution in [2.24, 2.45) is 0 Å². The first kappa shape index (κ1) is 20.1. The van der Waals surface area contributed by atoms with Gasteiger partial charge < -0.3 is 15.0 Å². The Kier molecular flexibility index (Phi) is 6.31. The maximum atomic E-state index is 13.0. The molecule has 0 radical (unpaired) electrons. The van der Waals surface area contributed by atoms with Crippen LogP contribution in [0.3, 0.4) is 0 Å². The van der Waals surface area contributed by atoms with Crippen LogP contribution in [0, 0.1) is 0 Å². The van der Waals surface area contributed by atoms with Crippen molar-refractivity contribution in [2.45, 2.75) is 43.6 Å². The van der Waals surface area contributed by atoms with E-state index < -0.39 is 0 Å². The highest BCUT2D eigenvalue weighted by Crippen LogP contribution is 2.34. The molecule has 0 bridgehead atoms. The Morgan fingerprint density at radius 3 is 2.66 bits per heavy atom. The SMILES string of the molecule is O=C(NCC1(c2ccccc2)CCOCC1)C1CCCN1C(=O)Cc1cccs1. The maximum absolute atomic E-state index is 13.0. The minimum Gasteiger partial charge on any atom is -0.381 e. The van der Waals surface area contributed by atoms with Crippen molar-refractivity contribution in [1.82, 2.24) is 10.2 Å². The standard InChI is InChI=1S/C23H28N2O3S/c26-21(16-19-8-5-15-29-19)25-12-4-9-20(25)22(27)24-17-23(10-13-28-14-11-23)18-6-2-1-3-7-18/h1-3,5-8,15,20H,4,9-14,16-17H2,(H,24,27). The number of carbonyl (C=O) groups is 2. The molecule has 1 N–H and O–H groups in total. The van der Waals surface area contributed by atoms with E-state index in [1.807, 2.05) is 23.6 Å². The van der Waals surface area contributed by atoms with Gasteiger partial charge in [-0.25, -0.2) is 0 Å². The van der Waals surface area contributed by atoms with Gasteiger partial charge in [-0.1, -0.05) is 36.4 Å². The number of carbonyl (C=O) groups excluding carboxylic acids is 2. The molecular formula is C23H28N2O3S. The Bertz CT molecular complexity index is 816. The lowest BCUT2D eigenvalue weighted by Crippen LogP contribution is -2.51. The normalized spacial score (nSPS) is 21.1. The van der Waals surface area contributed by atoms with Gasteiger partial charge in [0.15, 0.2) is 0 Å². The second-order valence-corrected chi connectivity index (χ2v) is 9.01. The molecular weight excluding hydrogens is 384 g/mol. The van der Waals surface area contributed by atoms with Gasteiger partial charge in [0, 0.05) is 36.6 Å². The summed E-state index contributed by atoms with van der Waals surface area (Å²) in [5, 5.41) is 5.17. The topological polar surface area (TPSA) is 58.6 Å². The first-order chi connectivity index (χ1) is 14.2. The van der Waals surface area contributed by atoms with E-state index in [1.165, 1.54) is 5.56 Å². The molecule has 2 aliphatic rings. The van der Waals surface area contributed by atoms with Gasteiger partial charge in [0.1, 0.15) is 6.04 Å². The average molecular weight is 413 g/mol. The number of rotatable bonds is 6. The summed E-state index contributed by atoms with van der Waals surface area (Å²) in [5.41, 5.74) is 1.15. The van der Waals surface area contributed by atoms with Gasteiger partial charge in [-0.3, -0.25) is 9.59 Å². The van der Waals surface area contributed by atoms with Gasteiger partial charge in [-0.05, 0) is 42.7 Å². The van der Waals surface area contributed by atoms with Crippen molar-refractivity contribution in [3.8, 4) is 0 Å². The Balaban J connectivity index is 1.41. The summed E-state index contributed by atoms with van der Waals surface area (Å²) < 4.78 is 5.59. The zero-order chi connectivity index (χ0) is 20.1. The van der Waals surface area contributed by atoms with Gasteiger partial charge in [-0.2, -0.15) is 0 Å². The Morgan fingerprint density at radius 1 is 1.14 bits per heavy atom. The average Bonchev–Trinajstić information content (AvgIpc) is 3.45. The third kappa shape index (κ3) is 4.54. The van der Waals surface area contributed by atoms with E-state index in [2.05, 4.69) is 29.6 Å². The van der Waals surface area contributed by atoms with Crippen molar-refractivity contribution >= 4 is 23.2 Å². The third-order valence-corrected chi connectivity index (χ3v) is 7.09. The van der Waals surface area contributed by atoms with Crippen molar-refractivity contribution in [1.29, 1.82) is 0 Å². The summed E-state index contributed by atoms with van der Waals surface area (Å²) >= 11 is 1.59. The lowest BCUT2D eigenvalue weighted by atomic mass is 9.74. The van der Waals surface area contributed by atoms with Crippen LogP contribution in [0.1, 0.15) is 36.1 Å². The summed E-state index contributed by atoms with van der Waals surface area (Å²) in [7, 11) is 0. The number of hydrogen-bond donors (Lipinski definition) is 1. The van der Waals surface area contributed by atoms with Crippen molar-refractivity contribution in [3.63, 3.8) is 0 Å². The molecule has 2 saturated heterocycles. The van der Waals surface area contributed by atoms with Crippen LogP contribution >= 0.6 is 11.3 Å². The minimum absolute atomic E-state index is 0.0242. The number of likely N-dealkylation sites (tertiary alicyclic amines) is 1. The third-order valence-electron chi connectivity index (χ3n) is 6.22. The highest BCUT2D eigenvalue weighted by molar-refractivity contribution is 7.10. The number of ether oxygens (including phenoxy) is 1. The van der Waals surface area contributed by atoms with Crippen LogP contribution in [0.25, 0.3) is 0 Å². The quantitative estimate of drug-likeness (QED) is 0.793. The summed E-state index contributed by atoms with van der Waals surface area (Å²) in [6, 6.07) is 14.0. The molecule has 29 heavy (non-hydrogen) atoms. The molecule has 3 heterocycles. The molecule has 4 rings (SSSR count). The largest absolute Gasteiger partial charge is 0.381 e. The van der Waals surface area contributed by atoms with E-state index >= 15 is 0 Å². The monoisotopic (exact) mass is 412 g/mol.